The number of hydrogen-bond acceptors (Lipinski definition) is 5. The molecule has 0 bridgehead atoms. The predicted molar refractivity (Wildman–Crippen MR) is 78.7 cm³/mol. The van der Waals surface area contributed by atoms with Crippen molar-refractivity contribution in [2.75, 3.05) is 31.1 Å². The third-order valence-corrected chi connectivity index (χ3v) is 5.25. The summed E-state index contributed by atoms with van der Waals surface area (Å²) in [5.41, 5.74) is 0. The first-order valence-electron chi connectivity index (χ1n) is 7.08. The van der Waals surface area contributed by atoms with Crippen molar-refractivity contribution in [1.29, 1.82) is 0 Å². The summed E-state index contributed by atoms with van der Waals surface area (Å²) in [6.45, 7) is 4.20. The van der Waals surface area contributed by atoms with Crippen LogP contribution in [0.5, 0.6) is 5.75 Å². The van der Waals surface area contributed by atoms with Gasteiger partial charge in [0.15, 0.2) is 9.84 Å². The van der Waals surface area contributed by atoms with Gasteiger partial charge in [-0.1, -0.05) is 6.92 Å². The molecule has 0 saturated carbocycles. The number of likely N-dealkylation sites (tertiary alicyclic amines) is 1. The molecule has 6 heteroatoms. The molecule has 1 saturated heterocycles. The Hall–Kier alpha value is -1.14. The SMILES string of the molecule is CCCS(=O)(=O)CCN1CC[C@@H](Oc2ccncc2)C1. The first-order chi connectivity index (χ1) is 9.59. The monoisotopic (exact) mass is 298 g/mol. The van der Waals surface area contributed by atoms with Crippen LogP contribution in [0.3, 0.4) is 0 Å². The lowest BCUT2D eigenvalue weighted by Gasteiger charge is -2.16. The van der Waals surface area contributed by atoms with Gasteiger partial charge in [0.05, 0.1) is 5.75 Å². The van der Waals surface area contributed by atoms with Crippen molar-refractivity contribution < 1.29 is 13.2 Å². The fourth-order valence-corrected chi connectivity index (χ4v) is 3.75. The zero-order valence-electron chi connectivity index (χ0n) is 11.9. The summed E-state index contributed by atoms with van der Waals surface area (Å²) in [7, 11) is -2.89. The molecule has 1 aliphatic rings. The quantitative estimate of drug-likeness (QED) is 0.760. The molecule has 20 heavy (non-hydrogen) atoms. The number of pyridine rings is 1. The predicted octanol–water partition coefficient (Wildman–Crippen LogP) is 1.36. The van der Waals surface area contributed by atoms with Crippen molar-refractivity contribution in [3.63, 3.8) is 0 Å². The molecule has 1 aliphatic heterocycles. The van der Waals surface area contributed by atoms with E-state index in [1.807, 2.05) is 19.1 Å². The van der Waals surface area contributed by atoms with Gasteiger partial charge < -0.3 is 4.74 Å². The van der Waals surface area contributed by atoms with Crippen LogP contribution in [0.4, 0.5) is 0 Å². The number of nitrogens with zero attached hydrogens (tertiary/aromatic N) is 2. The molecule has 1 aromatic heterocycles. The van der Waals surface area contributed by atoms with E-state index in [1.54, 1.807) is 12.4 Å². The van der Waals surface area contributed by atoms with Gasteiger partial charge in [-0.3, -0.25) is 9.88 Å². The van der Waals surface area contributed by atoms with Crippen molar-refractivity contribution in [3.05, 3.63) is 24.5 Å². The Balaban J connectivity index is 1.75. The number of sulfone groups is 1. The fraction of sp³-hybridized carbons (Fsp3) is 0.643. The van der Waals surface area contributed by atoms with Crippen molar-refractivity contribution in [3.8, 4) is 5.75 Å². The van der Waals surface area contributed by atoms with E-state index in [2.05, 4.69) is 9.88 Å². The van der Waals surface area contributed by atoms with E-state index >= 15 is 0 Å². The van der Waals surface area contributed by atoms with E-state index in [1.165, 1.54) is 0 Å². The van der Waals surface area contributed by atoms with Gasteiger partial charge in [0.2, 0.25) is 0 Å². The topological polar surface area (TPSA) is 59.5 Å². The Morgan fingerprint density at radius 2 is 2.10 bits per heavy atom. The van der Waals surface area contributed by atoms with Crippen molar-refractivity contribution in [2.45, 2.75) is 25.9 Å². The minimum absolute atomic E-state index is 0.145. The largest absolute Gasteiger partial charge is 0.489 e. The average molecular weight is 298 g/mol. The molecule has 112 valence electrons. The second-order valence-corrected chi connectivity index (χ2v) is 7.47. The smallest absolute Gasteiger partial charge is 0.151 e. The number of rotatable bonds is 7. The highest BCUT2D eigenvalue weighted by Gasteiger charge is 2.24. The summed E-state index contributed by atoms with van der Waals surface area (Å²) >= 11 is 0. The average Bonchev–Trinajstić information content (AvgIpc) is 2.85. The van der Waals surface area contributed by atoms with Crippen LogP contribution in [0.2, 0.25) is 0 Å². The van der Waals surface area contributed by atoms with Gasteiger partial charge in [-0.2, -0.15) is 0 Å². The lowest BCUT2D eigenvalue weighted by Crippen LogP contribution is -2.30. The highest BCUT2D eigenvalue weighted by atomic mass is 32.2. The normalized spacial score (nSPS) is 20.1. The molecule has 2 heterocycles. The van der Waals surface area contributed by atoms with Crippen LogP contribution in [0, 0.1) is 0 Å². The van der Waals surface area contributed by atoms with E-state index in [9.17, 15) is 8.42 Å². The zero-order valence-corrected chi connectivity index (χ0v) is 12.7. The molecule has 0 radical (unpaired) electrons. The van der Waals surface area contributed by atoms with Crippen LogP contribution in [0.1, 0.15) is 19.8 Å². The molecule has 2 rings (SSSR count). The minimum Gasteiger partial charge on any atom is -0.489 e. The van der Waals surface area contributed by atoms with Crippen molar-refractivity contribution in [1.82, 2.24) is 9.88 Å². The van der Waals surface area contributed by atoms with Crippen LogP contribution in [-0.2, 0) is 9.84 Å². The van der Waals surface area contributed by atoms with Gasteiger partial charge >= 0.3 is 0 Å². The van der Waals surface area contributed by atoms with E-state index in [-0.39, 0.29) is 17.6 Å². The van der Waals surface area contributed by atoms with E-state index in [0.29, 0.717) is 13.0 Å². The van der Waals surface area contributed by atoms with Gasteiger partial charge in [0.25, 0.3) is 0 Å². The maximum atomic E-state index is 11.7. The van der Waals surface area contributed by atoms with Gasteiger partial charge in [0, 0.05) is 37.8 Å². The Bertz CT molecular complexity index is 504. The summed E-state index contributed by atoms with van der Waals surface area (Å²) in [5.74, 6) is 1.37. The lowest BCUT2D eigenvalue weighted by atomic mass is 10.3. The maximum absolute atomic E-state index is 11.7. The van der Waals surface area contributed by atoms with Gasteiger partial charge in [-0.05, 0) is 25.0 Å². The second-order valence-electron chi connectivity index (χ2n) is 5.16. The summed E-state index contributed by atoms with van der Waals surface area (Å²) < 4.78 is 29.2. The van der Waals surface area contributed by atoms with Gasteiger partial charge in [-0.25, -0.2) is 8.42 Å². The highest BCUT2D eigenvalue weighted by molar-refractivity contribution is 7.91. The Morgan fingerprint density at radius 3 is 2.80 bits per heavy atom. The van der Waals surface area contributed by atoms with E-state index in [4.69, 9.17) is 4.74 Å². The molecule has 1 aromatic rings. The first kappa shape index (κ1) is 15.3. The molecular weight excluding hydrogens is 276 g/mol. The molecular formula is C14H22N2O3S. The lowest BCUT2D eigenvalue weighted by molar-refractivity contribution is 0.202. The Morgan fingerprint density at radius 1 is 1.35 bits per heavy atom. The molecule has 1 fully saturated rings. The molecule has 0 amide bonds. The zero-order chi connectivity index (χ0) is 14.4. The van der Waals surface area contributed by atoms with E-state index in [0.717, 1.165) is 25.3 Å². The van der Waals surface area contributed by atoms with Crippen LogP contribution in [0.25, 0.3) is 0 Å². The number of hydrogen-bond donors (Lipinski definition) is 0. The van der Waals surface area contributed by atoms with Crippen LogP contribution in [0.15, 0.2) is 24.5 Å². The summed E-state index contributed by atoms with van der Waals surface area (Å²) in [6.07, 6.45) is 5.19. The molecule has 0 unspecified atom stereocenters. The third kappa shape index (κ3) is 4.76. The number of ether oxygens (including phenoxy) is 1. The fourth-order valence-electron chi connectivity index (χ4n) is 2.39. The van der Waals surface area contributed by atoms with Crippen LogP contribution >= 0.6 is 0 Å². The summed E-state index contributed by atoms with van der Waals surface area (Å²) in [5, 5.41) is 0. The minimum atomic E-state index is -2.89. The standard InChI is InChI=1S/C14H22N2O3S/c1-2-10-20(17,18)11-9-16-8-5-14(12-16)19-13-3-6-15-7-4-13/h3-4,6-7,14H,2,5,8-12H2,1H3/t14-/m1/s1. The van der Waals surface area contributed by atoms with Crippen LogP contribution in [-0.4, -0.2) is 55.5 Å². The second kappa shape index (κ2) is 7.04. The van der Waals surface area contributed by atoms with Gasteiger partial charge in [0.1, 0.15) is 11.9 Å². The Kier molecular flexibility index (Phi) is 5.37. The molecule has 0 spiro atoms. The van der Waals surface area contributed by atoms with E-state index < -0.39 is 9.84 Å². The summed E-state index contributed by atoms with van der Waals surface area (Å²) in [4.78, 5) is 6.12. The number of aromatic nitrogens is 1. The first-order valence-corrected chi connectivity index (χ1v) is 8.90. The molecule has 5 nitrogen and oxygen atoms in total. The third-order valence-electron chi connectivity index (χ3n) is 3.42. The molecule has 0 aromatic carbocycles. The van der Waals surface area contributed by atoms with Gasteiger partial charge in [-0.15, -0.1) is 0 Å². The van der Waals surface area contributed by atoms with Crippen LogP contribution < -0.4 is 4.74 Å². The van der Waals surface area contributed by atoms with Crippen molar-refractivity contribution >= 4 is 9.84 Å². The highest BCUT2D eigenvalue weighted by Crippen LogP contribution is 2.17. The summed E-state index contributed by atoms with van der Waals surface area (Å²) in [6, 6.07) is 3.68. The molecule has 0 N–H and O–H groups in total. The molecule has 1 atom stereocenters. The maximum Gasteiger partial charge on any atom is 0.151 e. The molecule has 0 aliphatic carbocycles. The van der Waals surface area contributed by atoms with Crippen molar-refractivity contribution in [2.24, 2.45) is 0 Å². The Labute approximate surface area is 120 Å².